The van der Waals surface area contributed by atoms with Gasteiger partial charge in [0, 0.05) is 0 Å². The fourth-order valence-corrected chi connectivity index (χ4v) is 1.32. The summed E-state index contributed by atoms with van der Waals surface area (Å²) in [5.41, 5.74) is 1.34. The lowest BCUT2D eigenvalue weighted by molar-refractivity contribution is -0.144. The average molecular weight is 196 g/mol. The highest BCUT2D eigenvalue weighted by molar-refractivity contribution is 5.83. The molecule has 1 aliphatic carbocycles. The molecular weight excluding hydrogens is 180 g/mol. The van der Waals surface area contributed by atoms with E-state index in [1.54, 1.807) is 13.8 Å². The number of nitriles is 1. The second kappa shape index (κ2) is 4.43. The Balaban J connectivity index is 2.31. The maximum absolute atomic E-state index is 11.4. The largest absolute Gasteiger partial charge is 0.271 e. The zero-order valence-electron chi connectivity index (χ0n) is 8.67. The summed E-state index contributed by atoms with van der Waals surface area (Å²) in [6.07, 6.45) is 4.43. The molecule has 0 unspecified atom stereocenters. The van der Waals surface area contributed by atoms with Gasteiger partial charge in [-0.25, -0.2) is 5.48 Å². The molecule has 1 fully saturated rings. The number of nitrogens with one attached hydrogen (secondary N) is 1. The van der Waals surface area contributed by atoms with Gasteiger partial charge in [0.05, 0.1) is 12.2 Å². The Labute approximate surface area is 84.2 Å². The van der Waals surface area contributed by atoms with Gasteiger partial charge >= 0.3 is 0 Å². The van der Waals surface area contributed by atoms with Crippen LogP contribution in [0.3, 0.4) is 0 Å². The molecule has 1 N–H and O–H groups in total. The van der Waals surface area contributed by atoms with Crippen molar-refractivity contribution in [3.8, 4) is 6.07 Å². The number of hydroxylamine groups is 1. The van der Waals surface area contributed by atoms with Crippen molar-refractivity contribution < 1.29 is 9.63 Å². The molecule has 0 radical (unpaired) electrons. The first-order chi connectivity index (χ1) is 6.56. The first kappa shape index (κ1) is 11.0. The van der Waals surface area contributed by atoms with Crippen molar-refractivity contribution in [3.63, 3.8) is 0 Å². The molecule has 4 nitrogen and oxygen atoms in total. The zero-order chi connectivity index (χ0) is 10.6. The van der Waals surface area contributed by atoms with Crippen LogP contribution in [0.25, 0.3) is 0 Å². The lowest BCUT2D eigenvalue weighted by Crippen LogP contribution is -2.37. The van der Waals surface area contributed by atoms with Crippen LogP contribution in [0.5, 0.6) is 0 Å². The van der Waals surface area contributed by atoms with Crippen molar-refractivity contribution in [2.75, 3.05) is 0 Å². The van der Waals surface area contributed by atoms with E-state index in [4.69, 9.17) is 10.1 Å². The predicted molar refractivity (Wildman–Crippen MR) is 50.9 cm³/mol. The van der Waals surface area contributed by atoms with Crippen molar-refractivity contribution in [2.45, 2.75) is 45.6 Å². The molecule has 1 amide bonds. The lowest BCUT2D eigenvalue weighted by atomic mass is 9.95. The maximum Gasteiger partial charge on any atom is 0.263 e. The zero-order valence-corrected chi connectivity index (χ0v) is 8.67. The Kier molecular flexibility index (Phi) is 3.48. The van der Waals surface area contributed by atoms with Crippen molar-refractivity contribution in [2.24, 2.45) is 5.41 Å². The minimum atomic E-state index is -1.02. The molecule has 0 aliphatic heterocycles. The summed E-state index contributed by atoms with van der Waals surface area (Å²) in [6.45, 7) is 3.14. The molecule has 0 aromatic carbocycles. The number of amides is 1. The van der Waals surface area contributed by atoms with Gasteiger partial charge in [-0.1, -0.05) is 12.8 Å². The van der Waals surface area contributed by atoms with Gasteiger partial charge in [-0.05, 0) is 26.7 Å². The van der Waals surface area contributed by atoms with Crippen LogP contribution in [0, 0.1) is 16.7 Å². The molecule has 78 valence electrons. The van der Waals surface area contributed by atoms with E-state index >= 15 is 0 Å². The van der Waals surface area contributed by atoms with Gasteiger partial charge in [0.2, 0.25) is 0 Å². The molecule has 0 aromatic rings. The van der Waals surface area contributed by atoms with Crippen LogP contribution in [-0.2, 0) is 9.63 Å². The van der Waals surface area contributed by atoms with Gasteiger partial charge < -0.3 is 0 Å². The third-order valence-electron chi connectivity index (χ3n) is 2.47. The van der Waals surface area contributed by atoms with E-state index in [0.29, 0.717) is 0 Å². The molecule has 0 aromatic heterocycles. The molecule has 1 saturated carbocycles. The van der Waals surface area contributed by atoms with Crippen molar-refractivity contribution in [3.05, 3.63) is 0 Å². The first-order valence-corrected chi connectivity index (χ1v) is 4.93. The quantitative estimate of drug-likeness (QED) is 0.696. The van der Waals surface area contributed by atoms with E-state index in [9.17, 15) is 4.79 Å². The molecule has 0 spiro atoms. The summed E-state index contributed by atoms with van der Waals surface area (Å²) in [7, 11) is 0. The fraction of sp³-hybridized carbons (Fsp3) is 0.800. The highest BCUT2D eigenvalue weighted by Gasteiger charge is 2.28. The number of carbonyl (C=O) groups is 1. The van der Waals surface area contributed by atoms with E-state index in [1.165, 1.54) is 0 Å². The standard InChI is InChI=1S/C10H16N2O2/c1-10(2,7-11)9(13)12-14-8-5-3-4-6-8/h8H,3-6H2,1-2H3,(H,12,13). The number of nitrogens with zero attached hydrogens (tertiary/aromatic N) is 1. The van der Waals surface area contributed by atoms with E-state index < -0.39 is 5.41 Å². The summed E-state index contributed by atoms with van der Waals surface area (Å²) < 4.78 is 0. The van der Waals surface area contributed by atoms with Gasteiger partial charge in [0.1, 0.15) is 5.41 Å². The third-order valence-corrected chi connectivity index (χ3v) is 2.47. The van der Waals surface area contributed by atoms with Gasteiger partial charge in [0.15, 0.2) is 0 Å². The predicted octanol–water partition coefficient (Wildman–Crippen LogP) is 1.53. The van der Waals surface area contributed by atoms with Crippen molar-refractivity contribution in [1.29, 1.82) is 5.26 Å². The average Bonchev–Trinajstić information content (AvgIpc) is 2.66. The molecule has 0 saturated heterocycles. The molecule has 0 bridgehead atoms. The molecule has 1 rings (SSSR count). The van der Waals surface area contributed by atoms with Crippen molar-refractivity contribution in [1.82, 2.24) is 5.48 Å². The monoisotopic (exact) mass is 196 g/mol. The molecule has 1 aliphatic rings. The Morgan fingerprint density at radius 1 is 1.50 bits per heavy atom. The fourth-order valence-electron chi connectivity index (χ4n) is 1.32. The number of rotatable bonds is 3. The van der Waals surface area contributed by atoms with E-state index in [2.05, 4.69) is 5.48 Å². The first-order valence-electron chi connectivity index (χ1n) is 4.93. The van der Waals surface area contributed by atoms with Crippen LogP contribution in [0.15, 0.2) is 0 Å². The summed E-state index contributed by atoms with van der Waals surface area (Å²) >= 11 is 0. The number of hydrogen-bond donors (Lipinski definition) is 1. The van der Waals surface area contributed by atoms with Gasteiger partial charge in [0.25, 0.3) is 5.91 Å². The van der Waals surface area contributed by atoms with E-state index in [0.717, 1.165) is 25.7 Å². The number of hydrogen-bond acceptors (Lipinski definition) is 3. The topological polar surface area (TPSA) is 62.1 Å². The van der Waals surface area contributed by atoms with Gasteiger partial charge in [-0.3, -0.25) is 9.63 Å². The Morgan fingerprint density at radius 3 is 2.57 bits per heavy atom. The summed E-state index contributed by atoms with van der Waals surface area (Å²) in [5.74, 6) is -0.369. The highest BCUT2D eigenvalue weighted by atomic mass is 16.7. The van der Waals surface area contributed by atoms with E-state index in [1.807, 2.05) is 6.07 Å². The second-order valence-electron chi connectivity index (χ2n) is 4.19. The van der Waals surface area contributed by atoms with Crippen LogP contribution in [0.2, 0.25) is 0 Å². The molecule has 0 heterocycles. The van der Waals surface area contributed by atoms with Crippen LogP contribution in [-0.4, -0.2) is 12.0 Å². The molecular formula is C10H16N2O2. The Morgan fingerprint density at radius 2 is 2.07 bits per heavy atom. The third kappa shape index (κ3) is 2.71. The van der Waals surface area contributed by atoms with Gasteiger partial charge in [-0.15, -0.1) is 0 Å². The van der Waals surface area contributed by atoms with Crippen molar-refractivity contribution >= 4 is 5.91 Å². The Bertz CT molecular complexity index is 249. The summed E-state index contributed by atoms with van der Waals surface area (Å²) in [4.78, 5) is 16.6. The van der Waals surface area contributed by atoms with Crippen LogP contribution < -0.4 is 5.48 Å². The minimum Gasteiger partial charge on any atom is -0.271 e. The smallest absolute Gasteiger partial charge is 0.263 e. The van der Waals surface area contributed by atoms with Crippen LogP contribution in [0.1, 0.15) is 39.5 Å². The molecule has 0 atom stereocenters. The Hall–Kier alpha value is -1.08. The highest BCUT2D eigenvalue weighted by Crippen LogP contribution is 2.20. The second-order valence-corrected chi connectivity index (χ2v) is 4.19. The summed E-state index contributed by atoms with van der Waals surface area (Å²) in [6, 6.07) is 1.92. The molecule has 4 heteroatoms. The lowest BCUT2D eigenvalue weighted by Gasteiger charge is -2.17. The van der Waals surface area contributed by atoms with Crippen LogP contribution >= 0.6 is 0 Å². The maximum atomic E-state index is 11.4. The summed E-state index contributed by atoms with van der Waals surface area (Å²) in [5, 5.41) is 8.69. The number of carbonyl (C=O) groups excluding carboxylic acids is 1. The normalized spacial score (nSPS) is 17.8. The SMILES string of the molecule is CC(C)(C#N)C(=O)NOC1CCCC1. The van der Waals surface area contributed by atoms with E-state index in [-0.39, 0.29) is 12.0 Å². The van der Waals surface area contributed by atoms with Crippen LogP contribution in [0.4, 0.5) is 0 Å². The molecule has 14 heavy (non-hydrogen) atoms. The van der Waals surface area contributed by atoms with Gasteiger partial charge in [-0.2, -0.15) is 5.26 Å². The minimum absolute atomic E-state index is 0.133.